The number of H-pyrrole nitrogens is 1. The summed E-state index contributed by atoms with van der Waals surface area (Å²) in [6.07, 6.45) is 1.91. The molecule has 6 nitrogen and oxygen atoms in total. The molecule has 0 aliphatic carbocycles. The molecule has 2 aromatic rings. The quantitative estimate of drug-likeness (QED) is 0.893. The van der Waals surface area contributed by atoms with E-state index in [4.69, 9.17) is 11.6 Å². The second kappa shape index (κ2) is 6.60. The van der Waals surface area contributed by atoms with Gasteiger partial charge in [0.1, 0.15) is 0 Å². The largest absolute Gasteiger partial charge is 0.339 e. The van der Waals surface area contributed by atoms with Gasteiger partial charge in [-0.2, -0.15) is 5.10 Å². The van der Waals surface area contributed by atoms with Crippen LogP contribution in [-0.2, 0) is 0 Å². The highest BCUT2D eigenvalue weighted by Crippen LogP contribution is 2.25. The van der Waals surface area contributed by atoms with E-state index in [-0.39, 0.29) is 23.0 Å². The van der Waals surface area contributed by atoms with E-state index in [1.165, 1.54) is 13.0 Å². The first-order valence-corrected chi connectivity index (χ1v) is 7.96. The van der Waals surface area contributed by atoms with E-state index in [0.29, 0.717) is 23.7 Å². The molecule has 126 valence electrons. The van der Waals surface area contributed by atoms with Gasteiger partial charge in [0.15, 0.2) is 11.5 Å². The molecule has 1 saturated heterocycles. The van der Waals surface area contributed by atoms with Crippen LogP contribution in [0.4, 0.5) is 10.1 Å². The van der Waals surface area contributed by atoms with E-state index in [2.05, 4.69) is 15.5 Å². The third kappa shape index (κ3) is 3.12. The number of amides is 2. The zero-order valence-corrected chi connectivity index (χ0v) is 13.8. The van der Waals surface area contributed by atoms with Crippen molar-refractivity contribution in [1.82, 2.24) is 15.1 Å². The molecule has 1 aliphatic rings. The van der Waals surface area contributed by atoms with Gasteiger partial charge in [-0.3, -0.25) is 14.7 Å². The minimum Gasteiger partial charge on any atom is -0.339 e. The van der Waals surface area contributed by atoms with E-state index in [0.717, 1.165) is 12.8 Å². The number of anilines is 1. The van der Waals surface area contributed by atoms with Crippen molar-refractivity contribution in [3.05, 3.63) is 46.0 Å². The Balaban J connectivity index is 1.89. The molecule has 0 unspecified atom stereocenters. The van der Waals surface area contributed by atoms with Gasteiger partial charge in [-0.05, 0) is 38.0 Å². The third-order valence-corrected chi connectivity index (χ3v) is 4.18. The monoisotopic (exact) mass is 350 g/mol. The summed E-state index contributed by atoms with van der Waals surface area (Å²) < 4.78 is 13.8. The summed E-state index contributed by atoms with van der Waals surface area (Å²) in [6.45, 7) is 2.84. The van der Waals surface area contributed by atoms with Crippen LogP contribution in [-0.4, -0.2) is 40.0 Å². The van der Waals surface area contributed by atoms with Crippen molar-refractivity contribution >= 4 is 29.1 Å². The van der Waals surface area contributed by atoms with Crippen molar-refractivity contribution in [1.29, 1.82) is 0 Å². The maximum absolute atomic E-state index is 13.8. The van der Waals surface area contributed by atoms with E-state index >= 15 is 0 Å². The number of hydrogen-bond acceptors (Lipinski definition) is 3. The van der Waals surface area contributed by atoms with Crippen LogP contribution in [0.1, 0.15) is 39.4 Å². The van der Waals surface area contributed by atoms with Crippen LogP contribution in [0.5, 0.6) is 0 Å². The summed E-state index contributed by atoms with van der Waals surface area (Å²) in [6, 6.07) is 4.62. The maximum Gasteiger partial charge on any atom is 0.279 e. The van der Waals surface area contributed by atoms with Gasteiger partial charge in [-0.15, -0.1) is 0 Å². The van der Waals surface area contributed by atoms with E-state index in [9.17, 15) is 14.0 Å². The molecule has 24 heavy (non-hydrogen) atoms. The lowest BCUT2D eigenvalue weighted by Gasteiger charge is -2.18. The first-order valence-electron chi connectivity index (χ1n) is 7.58. The van der Waals surface area contributed by atoms with Crippen LogP contribution in [0.25, 0.3) is 0 Å². The van der Waals surface area contributed by atoms with Gasteiger partial charge in [0, 0.05) is 18.1 Å². The molecule has 0 radical (unpaired) electrons. The summed E-state index contributed by atoms with van der Waals surface area (Å²) in [5.74, 6) is -1.64. The summed E-state index contributed by atoms with van der Waals surface area (Å²) in [7, 11) is 0. The van der Waals surface area contributed by atoms with Crippen molar-refractivity contribution in [2.45, 2.75) is 19.8 Å². The Morgan fingerprint density at radius 3 is 2.67 bits per heavy atom. The maximum atomic E-state index is 13.8. The number of nitrogens with zero attached hydrogens (tertiary/aromatic N) is 2. The molecule has 0 spiro atoms. The van der Waals surface area contributed by atoms with Gasteiger partial charge in [-0.1, -0.05) is 11.6 Å². The molecule has 1 aromatic heterocycles. The number of rotatable bonds is 3. The molecule has 2 N–H and O–H groups in total. The normalized spacial score (nSPS) is 14.0. The van der Waals surface area contributed by atoms with E-state index in [1.54, 1.807) is 17.0 Å². The molecule has 1 aromatic carbocycles. The molecule has 0 saturated carbocycles. The number of likely N-dealkylation sites (tertiary alicyclic amines) is 1. The molecule has 0 bridgehead atoms. The van der Waals surface area contributed by atoms with Gasteiger partial charge >= 0.3 is 0 Å². The molecule has 2 heterocycles. The highest BCUT2D eigenvalue weighted by Gasteiger charge is 2.24. The van der Waals surface area contributed by atoms with Crippen LogP contribution in [0.2, 0.25) is 5.02 Å². The number of aromatic amines is 1. The topological polar surface area (TPSA) is 78.1 Å². The van der Waals surface area contributed by atoms with Gasteiger partial charge in [-0.25, -0.2) is 4.39 Å². The number of halogens is 2. The Morgan fingerprint density at radius 1 is 1.33 bits per heavy atom. The van der Waals surface area contributed by atoms with Crippen LogP contribution in [0.3, 0.4) is 0 Å². The Kier molecular flexibility index (Phi) is 4.53. The molecule has 1 aliphatic heterocycles. The minimum absolute atomic E-state index is 0.166. The SMILES string of the molecule is Cc1[nH]nc(C(=O)Nc2cc(Cl)ccc2C(=O)N2CCCC2)c1F. The van der Waals surface area contributed by atoms with Crippen molar-refractivity contribution < 1.29 is 14.0 Å². The standard InChI is InChI=1S/C16H16ClFN4O2/c1-9-13(18)14(21-20-9)15(23)19-12-8-10(17)4-5-11(12)16(24)22-6-2-3-7-22/h4-5,8H,2-3,6-7H2,1H3,(H,19,23)(H,20,21). The summed E-state index contributed by atoms with van der Waals surface area (Å²) in [5.41, 5.74) is 0.374. The van der Waals surface area contributed by atoms with Crippen LogP contribution < -0.4 is 5.32 Å². The Labute approximate surface area is 143 Å². The highest BCUT2D eigenvalue weighted by molar-refractivity contribution is 6.31. The second-order valence-corrected chi connectivity index (χ2v) is 6.09. The van der Waals surface area contributed by atoms with Crippen molar-refractivity contribution in [2.24, 2.45) is 0 Å². The average Bonchev–Trinajstić information content (AvgIpc) is 3.18. The summed E-state index contributed by atoms with van der Waals surface area (Å²) in [4.78, 5) is 26.6. The van der Waals surface area contributed by atoms with Crippen molar-refractivity contribution in [2.75, 3.05) is 18.4 Å². The predicted molar refractivity (Wildman–Crippen MR) is 87.8 cm³/mol. The van der Waals surface area contributed by atoms with Crippen LogP contribution >= 0.6 is 11.6 Å². The predicted octanol–water partition coefficient (Wildman–Crippen LogP) is 3.00. The average molecular weight is 351 g/mol. The first-order chi connectivity index (χ1) is 11.5. The summed E-state index contributed by atoms with van der Waals surface area (Å²) in [5, 5.41) is 8.95. The Morgan fingerprint density at radius 2 is 2.04 bits per heavy atom. The number of aromatic nitrogens is 2. The van der Waals surface area contributed by atoms with E-state index < -0.39 is 11.7 Å². The van der Waals surface area contributed by atoms with Crippen LogP contribution in [0, 0.1) is 12.7 Å². The Hall–Kier alpha value is -2.41. The molecule has 0 atom stereocenters. The molecular weight excluding hydrogens is 335 g/mol. The fourth-order valence-corrected chi connectivity index (χ4v) is 2.82. The third-order valence-electron chi connectivity index (χ3n) is 3.94. The fraction of sp³-hybridized carbons (Fsp3) is 0.312. The molecule has 8 heteroatoms. The number of hydrogen-bond donors (Lipinski definition) is 2. The summed E-state index contributed by atoms with van der Waals surface area (Å²) >= 11 is 5.97. The zero-order chi connectivity index (χ0) is 17.3. The van der Waals surface area contributed by atoms with Crippen molar-refractivity contribution in [3.63, 3.8) is 0 Å². The fourth-order valence-electron chi connectivity index (χ4n) is 2.64. The van der Waals surface area contributed by atoms with Gasteiger partial charge < -0.3 is 10.2 Å². The number of nitrogens with one attached hydrogen (secondary N) is 2. The highest BCUT2D eigenvalue weighted by atomic mass is 35.5. The first kappa shape index (κ1) is 16.4. The van der Waals surface area contributed by atoms with Gasteiger partial charge in [0.05, 0.1) is 16.9 Å². The smallest absolute Gasteiger partial charge is 0.279 e. The lowest BCUT2D eigenvalue weighted by molar-refractivity contribution is 0.0794. The second-order valence-electron chi connectivity index (χ2n) is 5.65. The lowest BCUT2D eigenvalue weighted by atomic mass is 10.1. The molecule has 2 amide bonds. The number of aryl methyl sites for hydroxylation is 1. The van der Waals surface area contributed by atoms with Crippen molar-refractivity contribution in [3.8, 4) is 0 Å². The Bertz CT molecular complexity index is 799. The molecule has 3 rings (SSSR count). The number of benzene rings is 1. The lowest BCUT2D eigenvalue weighted by Crippen LogP contribution is -2.29. The van der Waals surface area contributed by atoms with Crippen LogP contribution in [0.15, 0.2) is 18.2 Å². The minimum atomic E-state index is -0.741. The zero-order valence-electron chi connectivity index (χ0n) is 13.0. The van der Waals surface area contributed by atoms with Gasteiger partial charge in [0.25, 0.3) is 11.8 Å². The molecule has 1 fully saturated rings. The number of carbonyl (C=O) groups excluding carboxylic acids is 2. The van der Waals surface area contributed by atoms with Gasteiger partial charge in [0.2, 0.25) is 0 Å². The molecular formula is C16H16ClFN4O2. The number of carbonyl (C=O) groups is 2. The van der Waals surface area contributed by atoms with E-state index in [1.807, 2.05) is 0 Å².